The predicted octanol–water partition coefficient (Wildman–Crippen LogP) is 8.03. The number of hydrogen-bond acceptors (Lipinski definition) is 2. The molecule has 4 heterocycles. The van der Waals surface area contributed by atoms with E-state index in [2.05, 4.69) is 102 Å². The number of ether oxygens (including phenoxy) is 1. The Balaban J connectivity index is 1.35. The maximum Gasteiger partial charge on any atom is 0.261 e. The molecule has 0 fully saturated rings. The van der Waals surface area contributed by atoms with Crippen molar-refractivity contribution in [1.82, 2.24) is 4.57 Å². The monoisotopic (exact) mass is 556 g/mol. The van der Waals surface area contributed by atoms with Crippen molar-refractivity contribution in [2.75, 3.05) is 4.90 Å². The standard InChI is InChI=1S/C39H33BN2O/c1-3-4-9-24-20-33-37-35(21-24)43-34-19-23(2)18-32-36(34)40(37)38-31(41(32)27-15-14-25-10-5-6-11-26(25)22-27)17-16-29-28-12-7-8-13-30(28)42(33)39(29)38/h7-8,12-22H,3-6,9-11H2,1-2H3. The van der Waals surface area contributed by atoms with E-state index in [0.29, 0.717) is 0 Å². The van der Waals surface area contributed by atoms with E-state index in [-0.39, 0.29) is 6.71 Å². The lowest BCUT2D eigenvalue weighted by Crippen LogP contribution is -2.62. The lowest BCUT2D eigenvalue weighted by atomic mass is 9.33. The van der Waals surface area contributed by atoms with Gasteiger partial charge in [-0.25, -0.2) is 0 Å². The SMILES string of the molecule is CCCCc1cc2c3c(c1)-n1c4ccccc4c4ccc5c(c41)B3c1c(cc(C)cc1N5c1ccc3c(c1)CCCC3)O2. The summed E-state index contributed by atoms with van der Waals surface area (Å²) in [5.41, 5.74) is 17.4. The maximum atomic E-state index is 6.97. The van der Waals surface area contributed by atoms with E-state index in [9.17, 15) is 0 Å². The normalized spacial score (nSPS) is 15.2. The van der Waals surface area contributed by atoms with Gasteiger partial charge in [0.25, 0.3) is 6.71 Å². The molecule has 4 heteroatoms. The smallest absolute Gasteiger partial charge is 0.261 e. The number of benzene rings is 5. The van der Waals surface area contributed by atoms with Gasteiger partial charge in [-0.15, -0.1) is 0 Å². The third kappa shape index (κ3) is 3.11. The number of unbranched alkanes of at least 4 members (excludes halogenated alkanes) is 1. The van der Waals surface area contributed by atoms with E-state index in [0.717, 1.165) is 17.9 Å². The van der Waals surface area contributed by atoms with Crippen molar-refractivity contribution in [2.24, 2.45) is 0 Å². The number of aromatic nitrogens is 1. The van der Waals surface area contributed by atoms with Gasteiger partial charge in [0.05, 0.1) is 11.0 Å². The molecule has 0 saturated carbocycles. The second-order valence-corrected chi connectivity index (χ2v) is 13.1. The van der Waals surface area contributed by atoms with Gasteiger partial charge in [0.15, 0.2) is 0 Å². The fourth-order valence-corrected chi connectivity index (χ4v) is 8.68. The van der Waals surface area contributed by atoms with Crippen LogP contribution in [0.1, 0.15) is 54.9 Å². The topological polar surface area (TPSA) is 17.4 Å². The molecule has 0 saturated heterocycles. The Morgan fingerprint density at radius 3 is 2.49 bits per heavy atom. The number of aryl methyl sites for hydroxylation is 4. The number of anilines is 3. The summed E-state index contributed by atoms with van der Waals surface area (Å²) in [6, 6.07) is 30.4. The Morgan fingerprint density at radius 2 is 1.58 bits per heavy atom. The minimum Gasteiger partial charge on any atom is -0.458 e. The zero-order valence-electron chi connectivity index (χ0n) is 24.8. The fraction of sp³-hybridized carbons (Fsp3) is 0.231. The fourth-order valence-electron chi connectivity index (χ4n) is 8.68. The number of rotatable bonds is 4. The van der Waals surface area contributed by atoms with E-state index >= 15 is 0 Å². The first-order valence-electron chi connectivity index (χ1n) is 16.2. The van der Waals surface area contributed by atoms with Crippen molar-refractivity contribution in [3.05, 3.63) is 101 Å². The summed E-state index contributed by atoms with van der Waals surface area (Å²) in [5.74, 6) is 2.05. The zero-order chi connectivity index (χ0) is 28.4. The molecule has 0 bridgehead atoms. The Morgan fingerprint density at radius 1 is 0.744 bits per heavy atom. The second kappa shape index (κ2) is 8.57. The van der Waals surface area contributed by atoms with E-state index < -0.39 is 0 Å². The minimum absolute atomic E-state index is 0.147. The van der Waals surface area contributed by atoms with Crippen LogP contribution in [-0.2, 0) is 19.3 Å². The first-order chi connectivity index (χ1) is 21.2. The molecule has 0 N–H and O–H groups in total. The average Bonchev–Trinajstić information content (AvgIpc) is 3.37. The molecule has 208 valence electrons. The molecule has 43 heavy (non-hydrogen) atoms. The minimum atomic E-state index is 0.147. The van der Waals surface area contributed by atoms with Crippen LogP contribution >= 0.6 is 0 Å². The van der Waals surface area contributed by atoms with Gasteiger partial charge in [0.1, 0.15) is 11.5 Å². The Kier molecular flexibility index (Phi) is 4.79. The van der Waals surface area contributed by atoms with Crippen molar-refractivity contribution >= 4 is 62.0 Å². The average molecular weight is 557 g/mol. The Bertz CT molecular complexity index is 2190. The molecule has 4 aliphatic rings. The molecular formula is C39H33BN2O. The molecule has 0 amide bonds. The number of fused-ring (bicyclic) bond motifs is 5. The molecule has 5 aromatic carbocycles. The summed E-state index contributed by atoms with van der Waals surface area (Å²) < 4.78 is 9.53. The Labute approximate surface area is 252 Å². The summed E-state index contributed by atoms with van der Waals surface area (Å²) in [6.45, 7) is 4.63. The molecule has 6 aromatic rings. The highest BCUT2D eigenvalue weighted by Crippen LogP contribution is 2.47. The number of para-hydroxylation sites is 1. The molecule has 1 aliphatic carbocycles. The van der Waals surface area contributed by atoms with E-state index in [1.165, 1.54) is 122 Å². The lowest BCUT2D eigenvalue weighted by molar-refractivity contribution is 0.486. The van der Waals surface area contributed by atoms with E-state index in [1.807, 2.05) is 0 Å². The highest BCUT2D eigenvalue weighted by Gasteiger charge is 2.47. The molecule has 0 spiro atoms. The van der Waals surface area contributed by atoms with Gasteiger partial charge in [-0.05, 0) is 133 Å². The summed E-state index contributed by atoms with van der Waals surface area (Å²) in [4.78, 5) is 2.54. The second-order valence-electron chi connectivity index (χ2n) is 13.1. The van der Waals surface area contributed by atoms with Crippen molar-refractivity contribution in [1.29, 1.82) is 0 Å². The van der Waals surface area contributed by atoms with Gasteiger partial charge >= 0.3 is 0 Å². The van der Waals surface area contributed by atoms with E-state index in [1.54, 1.807) is 0 Å². The van der Waals surface area contributed by atoms with Crippen molar-refractivity contribution in [2.45, 2.75) is 58.8 Å². The highest BCUT2D eigenvalue weighted by molar-refractivity contribution is 7.01. The van der Waals surface area contributed by atoms with Gasteiger partial charge in [-0.2, -0.15) is 0 Å². The summed E-state index contributed by atoms with van der Waals surface area (Å²) in [5, 5.41) is 2.66. The first kappa shape index (κ1) is 24.1. The van der Waals surface area contributed by atoms with Crippen molar-refractivity contribution in [3.63, 3.8) is 0 Å². The number of nitrogens with zero attached hydrogens (tertiary/aromatic N) is 2. The number of hydrogen-bond donors (Lipinski definition) is 0. The van der Waals surface area contributed by atoms with Crippen LogP contribution in [0.15, 0.2) is 78.9 Å². The van der Waals surface area contributed by atoms with Crippen molar-refractivity contribution in [3.8, 4) is 17.2 Å². The van der Waals surface area contributed by atoms with Gasteiger partial charge in [0, 0.05) is 33.5 Å². The molecule has 0 atom stereocenters. The quantitative estimate of drug-likeness (QED) is 0.204. The van der Waals surface area contributed by atoms with Crippen molar-refractivity contribution < 1.29 is 4.74 Å². The highest BCUT2D eigenvalue weighted by atomic mass is 16.5. The molecule has 1 aromatic heterocycles. The van der Waals surface area contributed by atoms with Crippen LogP contribution in [0.2, 0.25) is 0 Å². The maximum absolute atomic E-state index is 6.97. The summed E-state index contributed by atoms with van der Waals surface area (Å²) in [7, 11) is 0. The van der Waals surface area contributed by atoms with Gasteiger partial charge in [-0.3, -0.25) is 0 Å². The lowest BCUT2D eigenvalue weighted by Gasteiger charge is -2.43. The summed E-state index contributed by atoms with van der Waals surface area (Å²) in [6.07, 6.45) is 8.38. The molecule has 0 unspecified atom stereocenters. The van der Waals surface area contributed by atoms with Crippen LogP contribution in [0, 0.1) is 6.92 Å². The zero-order valence-corrected chi connectivity index (χ0v) is 24.8. The van der Waals surface area contributed by atoms with Crippen LogP contribution in [0.5, 0.6) is 11.5 Å². The molecule has 10 rings (SSSR count). The third-order valence-electron chi connectivity index (χ3n) is 10.5. The van der Waals surface area contributed by atoms with Crippen LogP contribution in [0.25, 0.3) is 27.5 Å². The molecule has 0 radical (unpaired) electrons. The van der Waals surface area contributed by atoms with E-state index in [4.69, 9.17) is 4.74 Å². The molecule has 3 aliphatic heterocycles. The van der Waals surface area contributed by atoms with Crippen LogP contribution in [0.3, 0.4) is 0 Å². The third-order valence-corrected chi connectivity index (χ3v) is 10.5. The van der Waals surface area contributed by atoms with Crippen LogP contribution in [0.4, 0.5) is 17.1 Å². The van der Waals surface area contributed by atoms with Gasteiger partial charge < -0.3 is 14.2 Å². The van der Waals surface area contributed by atoms with Gasteiger partial charge in [0.2, 0.25) is 0 Å². The first-order valence-corrected chi connectivity index (χ1v) is 16.2. The predicted molar refractivity (Wildman–Crippen MR) is 180 cm³/mol. The molecule has 3 nitrogen and oxygen atoms in total. The Hall–Kier alpha value is -4.44. The van der Waals surface area contributed by atoms with Crippen LogP contribution < -0.4 is 26.0 Å². The van der Waals surface area contributed by atoms with Crippen LogP contribution in [-0.4, -0.2) is 11.3 Å². The molecular weight excluding hydrogens is 523 g/mol. The summed E-state index contributed by atoms with van der Waals surface area (Å²) >= 11 is 0. The van der Waals surface area contributed by atoms with Gasteiger partial charge in [-0.1, -0.05) is 43.7 Å². The largest absolute Gasteiger partial charge is 0.458 e.